The number of carbonyl (C=O) groups excluding carboxylic acids is 1. The highest BCUT2D eigenvalue weighted by Gasteiger charge is 2.02. The molecule has 3 heteroatoms. The average Bonchev–Trinajstić information content (AvgIpc) is 2.83. The van der Waals surface area contributed by atoms with Crippen LogP contribution in [-0.4, -0.2) is 12.6 Å². The van der Waals surface area contributed by atoms with E-state index in [1.807, 2.05) is 0 Å². The van der Waals surface area contributed by atoms with Crippen LogP contribution in [0.3, 0.4) is 0 Å². The average molecular weight is 514 g/mol. The summed E-state index contributed by atoms with van der Waals surface area (Å²) in [5, 5.41) is 0. The zero-order valence-electron chi connectivity index (χ0n) is 26.1. The van der Waals surface area contributed by atoms with Crippen molar-refractivity contribution in [1.82, 2.24) is 6.15 Å². The fourth-order valence-electron chi connectivity index (χ4n) is 3.96. The fourth-order valence-corrected chi connectivity index (χ4v) is 3.96. The van der Waals surface area contributed by atoms with Crippen LogP contribution in [0.4, 0.5) is 0 Å². The van der Waals surface area contributed by atoms with Crippen molar-refractivity contribution < 1.29 is 9.53 Å². The van der Waals surface area contributed by atoms with Gasteiger partial charge in [-0.05, 0) is 24.7 Å². The Morgan fingerprint density at radius 1 is 0.472 bits per heavy atom. The minimum Gasteiger partial charge on any atom is -0.466 e. The van der Waals surface area contributed by atoms with Crippen LogP contribution in [0, 0.1) is 11.8 Å². The van der Waals surface area contributed by atoms with Crippen molar-refractivity contribution in [2.75, 3.05) is 6.61 Å². The maximum absolute atomic E-state index is 11.7. The van der Waals surface area contributed by atoms with E-state index in [4.69, 9.17) is 4.74 Å². The SMILES string of the molecule is CC(C)C(C)C.CCCCCCCCCCCCCCCCCC(=O)OCCCCCCCCC.N. The van der Waals surface area contributed by atoms with Gasteiger partial charge < -0.3 is 10.9 Å². The van der Waals surface area contributed by atoms with Crippen molar-refractivity contribution in [3.8, 4) is 0 Å². The van der Waals surface area contributed by atoms with Gasteiger partial charge in [-0.2, -0.15) is 0 Å². The van der Waals surface area contributed by atoms with E-state index in [0.717, 1.165) is 24.7 Å². The molecule has 0 atom stereocenters. The monoisotopic (exact) mass is 514 g/mol. The number of ether oxygens (including phenoxy) is 1. The molecule has 0 bridgehead atoms. The van der Waals surface area contributed by atoms with Crippen molar-refractivity contribution in [3.05, 3.63) is 0 Å². The van der Waals surface area contributed by atoms with Crippen molar-refractivity contribution in [2.24, 2.45) is 11.8 Å². The van der Waals surface area contributed by atoms with Crippen LogP contribution in [0.1, 0.15) is 189 Å². The maximum atomic E-state index is 11.7. The third-order valence-corrected chi connectivity index (χ3v) is 7.33. The summed E-state index contributed by atoms with van der Waals surface area (Å²) in [5.41, 5.74) is 0. The number of hydrogen-bond donors (Lipinski definition) is 1. The van der Waals surface area contributed by atoms with Gasteiger partial charge >= 0.3 is 5.97 Å². The summed E-state index contributed by atoms with van der Waals surface area (Å²) in [7, 11) is 0. The summed E-state index contributed by atoms with van der Waals surface area (Å²) >= 11 is 0. The molecule has 0 radical (unpaired) electrons. The van der Waals surface area contributed by atoms with E-state index in [2.05, 4.69) is 41.5 Å². The van der Waals surface area contributed by atoms with Crippen LogP contribution in [-0.2, 0) is 9.53 Å². The lowest BCUT2D eigenvalue weighted by atomic mass is 10.0. The number of hydrogen-bond acceptors (Lipinski definition) is 3. The molecule has 0 spiro atoms. The highest BCUT2D eigenvalue weighted by molar-refractivity contribution is 5.69. The number of esters is 1. The second kappa shape index (κ2) is 34.4. The molecule has 0 amide bonds. The van der Waals surface area contributed by atoms with E-state index < -0.39 is 0 Å². The first kappa shape index (κ1) is 39.9. The van der Waals surface area contributed by atoms with Gasteiger partial charge in [0.15, 0.2) is 0 Å². The van der Waals surface area contributed by atoms with Gasteiger partial charge in [-0.15, -0.1) is 0 Å². The van der Waals surface area contributed by atoms with Crippen LogP contribution in [0.25, 0.3) is 0 Å². The zero-order valence-corrected chi connectivity index (χ0v) is 26.1. The maximum Gasteiger partial charge on any atom is 0.305 e. The molecular weight excluding hydrogens is 442 g/mol. The van der Waals surface area contributed by atoms with Gasteiger partial charge in [-0.25, -0.2) is 0 Å². The van der Waals surface area contributed by atoms with Crippen molar-refractivity contribution in [3.63, 3.8) is 0 Å². The summed E-state index contributed by atoms with van der Waals surface area (Å²) in [6.45, 7) is 14.1. The molecule has 0 aromatic carbocycles. The molecule has 0 heterocycles. The summed E-state index contributed by atoms with van der Waals surface area (Å²) < 4.78 is 5.35. The summed E-state index contributed by atoms with van der Waals surface area (Å²) in [4.78, 5) is 11.7. The molecule has 3 N–H and O–H groups in total. The van der Waals surface area contributed by atoms with Gasteiger partial charge in [0, 0.05) is 6.42 Å². The van der Waals surface area contributed by atoms with E-state index in [1.54, 1.807) is 0 Å². The molecule has 0 saturated heterocycles. The van der Waals surface area contributed by atoms with Crippen molar-refractivity contribution in [1.29, 1.82) is 0 Å². The van der Waals surface area contributed by atoms with E-state index in [1.165, 1.54) is 128 Å². The smallest absolute Gasteiger partial charge is 0.305 e. The molecule has 0 aliphatic heterocycles. The minimum atomic E-state index is 0. The molecule has 0 aliphatic rings. The van der Waals surface area contributed by atoms with Gasteiger partial charge in [0.05, 0.1) is 6.61 Å². The zero-order chi connectivity index (χ0) is 26.4. The van der Waals surface area contributed by atoms with E-state index >= 15 is 0 Å². The predicted octanol–water partition coefficient (Wildman–Crippen LogP) is 12.0. The van der Waals surface area contributed by atoms with Gasteiger partial charge in [0.25, 0.3) is 0 Å². The van der Waals surface area contributed by atoms with Crippen LogP contribution in [0.5, 0.6) is 0 Å². The first-order chi connectivity index (χ1) is 17.0. The Morgan fingerprint density at radius 2 is 0.750 bits per heavy atom. The van der Waals surface area contributed by atoms with E-state index in [0.29, 0.717) is 13.0 Å². The second-order valence-corrected chi connectivity index (χ2v) is 11.5. The minimum absolute atomic E-state index is 0. The van der Waals surface area contributed by atoms with Gasteiger partial charge in [0.1, 0.15) is 0 Å². The first-order valence-electron chi connectivity index (χ1n) is 16.1. The first-order valence-corrected chi connectivity index (χ1v) is 16.1. The Morgan fingerprint density at radius 3 is 1.06 bits per heavy atom. The molecular formula is C33H71NO2. The standard InChI is InChI=1S/C27H54O2.C6H14.H3N/c1-3-5-7-9-11-12-13-14-15-16-17-18-19-21-23-25-27(28)29-26-24-22-20-10-8-6-4-2;1-5(2)6(3)4;/h3-26H2,1-2H3;5-6H,1-4H3;1H3. The van der Waals surface area contributed by atoms with Crippen molar-refractivity contribution >= 4 is 5.97 Å². The third-order valence-electron chi connectivity index (χ3n) is 7.33. The molecule has 0 aromatic rings. The number of unbranched alkanes of at least 4 members (excludes halogenated alkanes) is 20. The molecule has 36 heavy (non-hydrogen) atoms. The lowest BCUT2D eigenvalue weighted by Gasteiger charge is -2.05. The Hall–Kier alpha value is -0.570. The molecule has 0 unspecified atom stereocenters. The Balaban J connectivity index is -0.00000137. The molecule has 0 fully saturated rings. The second-order valence-electron chi connectivity index (χ2n) is 11.5. The molecule has 220 valence electrons. The quantitative estimate of drug-likeness (QED) is 0.0974. The van der Waals surface area contributed by atoms with Crippen LogP contribution < -0.4 is 6.15 Å². The lowest BCUT2D eigenvalue weighted by Crippen LogP contribution is -2.05. The molecule has 0 rings (SSSR count). The van der Waals surface area contributed by atoms with Crippen molar-refractivity contribution in [2.45, 2.75) is 189 Å². The Labute approximate surface area is 229 Å². The van der Waals surface area contributed by atoms with Gasteiger partial charge in [-0.1, -0.05) is 170 Å². The Kier molecular flexibility index (Phi) is 38.2. The summed E-state index contributed by atoms with van der Waals surface area (Å²) in [6.07, 6.45) is 29.9. The normalized spacial score (nSPS) is 10.8. The van der Waals surface area contributed by atoms with E-state index in [-0.39, 0.29) is 12.1 Å². The van der Waals surface area contributed by atoms with Crippen LogP contribution in [0.15, 0.2) is 0 Å². The summed E-state index contributed by atoms with van der Waals surface area (Å²) in [5.74, 6) is 1.72. The molecule has 0 saturated carbocycles. The fraction of sp³-hybridized carbons (Fsp3) is 0.970. The molecule has 3 nitrogen and oxygen atoms in total. The number of rotatable bonds is 25. The van der Waals surface area contributed by atoms with Crippen LogP contribution in [0.2, 0.25) is 0 Å². The van der Waals surface area contributed by atoms with Gasteiger partial charge in [0.2, 0.25) is 0 Å². The molecule has 0 aliphatic carbocycles. The van der Waals surface area contributed by atoms with Crippen LogP contribution >= 0.6 is 0 Å². The third kappa shape index (κ3) is 38.0. The summed E-state index contributed by atoms with van der Waals surface area (Å²) in [6, 6.07) is 0. The molecule has 0 aromatic heterocycles. The lowest BCUT2D eigenvalue weighted by molar-refractivity contribution is -0.143. The van der Waals surface area contributed by atoms with Gasteiger partial charge in [-0.3, -0.25) is 4.79 Å². The Bertz CT molecular complexity index is 389. The predicted molar refractivity (Wildman–Crippen MR) is 163 cm³/mol. The largest absolute Gasteiger partial charge is 0.466 e. The highest BCUT2D eigenvalue weighted by atomic mass is 16.5. The van der Waals surface area contributed by atoms with E-state index in [9.17, 15) is 4.79 Å². The highest BCUT2D eigenvalue weighted by Crippen LogP contribution is 2.14. The number of carbonyl (C=O) groups is 1. The topological polar surface area (TPSA) is 61.3 Å².